The fourth-order valence-electron chi connectivity index (χ4n) is 2.33. The zero-order chi connectivity index (χ0) is 14.2. The lowest BCUT2D eigenvalue weighted by Crippen LogP contribution is -2.18. The second-order valence-electron chi connectivity index (χ2n) is 4.81. The van der Waals surface area contributed by atoms with Crippen LogP contribution in [0.3, 0.4) is 0 Å². The zero-order valence-electron chi connectivity index (χ0n) is 11.1. The summed E-state index contributed by atoms with van der Waals surface area (Å²) in [5.74, 6) is 0.568. The van der Waals surface area contributed by atoms with Crippen molar-refractivity contribution in [3.05, 3.63) is 35.8 Å². The van der Waals surface area contributed by atoms with Crippen LogP contribution in [-0.4, -0.2) is 24.9 Å². The van der Waals surface area contributed by atoms with Gasteiger partial charge in [-0.25, -0.2) is 4.98 Å². The van der Waals surface area contributed by atoms with Crippen molar-refractivity contribution in [1.82, 2.24) is 9.97 Å². The van der Waals surface area contributed by atoms with Gasteiger partial charge in [-0.05, 0) is 31.4 Å². The average molecular weight is 292 g/mol. The first kappa shape index (κ1) is 13.0. The Morgan fingerprint density at radius 3 is 2.95 bits per heavy atom. The van der Waals surface area contributed by atoms with Crippen LogP contribution in [0.25, 0.3) is 0 Å². The maximum absolute atomic E-state index is 12.3. The predicted molar refractivity (Wildman–Crippen MR) is 77.4 cm³/mol. The summed E-state index contributed by atoms with van der Waals surface area (Å²) in [5, 5.41) is 3.33. The summed E-state index contributed by atoms with van der Waals surface area (Å²) in [7, 11) is -3.63. The van der Waals surface area contributed by atoms with Crippen molar-refractivity contribution in [2.45, 2.75) is 24.8 Å². The molecule has 0 radical (unpaired) electrons. The predicted octanol–water partition coefficient (Wildman–Crippen LogP) is 1.88. The zero-order valence-corrected chi connectivity index (χ0v) is 11.9. The Kier molecular flexibility index (Phi) is 3.13. The number of para-hydroxylation sites is 1. The van der Waals surface area contributed by atoms with Gasteiger partial charge in [0, 0.05) is 6.54 Å². The van der Waals surface area contributed by atoms with Crippen LogP contribution in [0.15, 0.2) is 29.4 Å². The molecule has 0 fully saturated rings. The maximum atomic E-state index is 12.3. The lowest BCUT2D eigenvalue weighted by molar-refractivity contribution is 0.598. The Labute approximate surface area is 117 Å². The highest BCUT2D eigenvalue weighted by molar-refractivity contribution is 7.92. The molecule has 20 heavy (non-hydrogen) atoms. The highest BCUT2D eigenvalue weighted by atomic mass is 32.2. The number of hydrogen-bond acceptors (Lipinski definition) is 4. The molecule has 0 spiro atoms. The first-order chi connectivity index (χ1) is 9.56. The van der Waals surface area contributed by atoms with E-state index in [0.717, 1.165) is 30.6 Å². The summed E-state index contributed by atoms with van der Waals surface area (Å²) in [6.45, 7) is 2.57. The second kappa shape index (κ2) is 4.82. The van der Waals surface area contributed by atoms with Crippen LogP contribution in [-0.2, 0) is 16.4 Å². The Bertz CT molecular complexity index is 737. The molecule has 1 aromatic heterocycles. The fraction of sp³-hybridized carbons (Fsp3) is 0.308. The van der Waals surface area contributed by atoms with Gasteiger partial charge < -0.3 is 10.3 Å². The van der Waals surface area contributed by atoms with E-state index in [0.29, 0.717) is 11.5 Å². The minimum Gasteiger partial charge on any atom is -0.383 e. The van der Waals surface area contributed by atoms with E-state index in [1.165, 1.54) is 6.20 Å². The number of anilines is 2. The Morgan fingerprint density at radius 2 is 2.20 bits per heavy atom. The van der Waals surface area contributed by atoms with E-state index in [1.807, 2.05) is 12.1 Å². The van der Waals surface area contributed by atoms with Crippen molar-refractivity contribution in [2.24, 2.45) is 0 Å². The number of imidazole rings is 1. The molecular weight excluding hydrogens is 276 g/mol. The summed E-state index contributed by atoms with van der Waals surface area (Å²) in [5.41, 5.74) is 2.59. The van der Waals surface area contributed by atoms with Crippen molar-refractivity contribution >= 4 is 21.4 Å². The van der Waals surface area contributed by atoms with Gasteiger partial charge in [0.05, 0.1) is 17.6 Å². The number of nitrogens with one attached hydrogen (secondary N) is 3. The van der Waals surface area contributed by atoms with E-state index >= 15 is 0 Å². The first-order valence-electron chi connectivity index (χ1n) is 6.46. The molecular formula is C13H16N4O2S. The number of benzene rings is 1. The number of nitrogens with zero attached hydrogens (tertiary/aromatic N) is 1. The number of aryl methyl sites for hydroxylation is 2. The number of rotatable bonds is 3. The van der Waals surface area contributed by atoms with Crippen LogP contribution in [0.4, 0.5) is 11.4 Å². The third-order valence-corrected chi connectivity index (χ3v) is 4.56. The van der Waals surface area contributed by atoms with Gasteiger partial charge in [0.15, 0.2) is 5.03 Å². The van der Waals surface area contributed by atoms with E-state index in [2.05, 4.69) is 20.0 Å². The molecule has 0 saturated heterocycles. The lowest BCUT2D eigenvalue weighted by atomic mass is 10.0. The van der Waals surface area contributed by atoms with E-state index in [9.17, 15) is 8.42 Å². The quantitative estimate of drug-likeness (QED) is 0.806. The summed E-state index contributed by atoms with van der Waals surface area (Å²) in [6.07, 6.45) is 3.34. The smallest absolute Gasteiger partial charge is 0.279 e. The van der Waals surface area contributed by atoms with Crippen molar-refractivity contribution in [3.8, 4) is 0 Å². The number of aromatic nitrogens is 2. The molecule has 1 aliphatic heterocycles. The van der Waals surface area contributed by atoms with Crippen LogP contribution in [0.1, 0.15) is 17.8 Å². The van der Waals surface area contributed by atoms with E-state index in [4.69, 9.17) is 0 Å². The monoisotopic (exact) mass is 292 g/mol. The lowest BCUT2D eigenvalue weighted by Gasteiger charge is -2.21. The highest BCUT2D eigenvalue weighted by Crippen LogP contribution is 2.31. The third-order valence-electron chi connectivity index (χ3n) is 3.29. The average Bonchev–Trinajstić information content (AvgIpc) is 2.86. The molecule has 0 aliphatic carbocycles. The number of fused-ring (bicyclic) bond motifs is 1. The van der Waals surface area contributed by atoms with Gasteiger partial charge in [-0.3, -0.25) is 4.72 Å². The van der Waals surface area contributed by atoms with E-state index in [1.54, 1.807) is 13.0 Å². The van der Waals surface area contributed by atoms with Gasteiger partial charge in [-0.2, -0.15) is 8.42 Å². The number of aromatic amines is 1. The molecule has 1 aliphatic rings. The standard InChI is InChI=1S/C13H16N4O2S/c1-9-15-8-12(16-9)20(18,19)17-11-6-2-4-10-5-3-7-14-13(10)11/h2,4,6,8,14,17H,3,5,7H2,1H3,(H,15,16). The molecule has 0 amide bonds. The first-order valence-corrected chi connectivity index (χ1v) is 7.95. The molecule has 3 rings (SSSR count). The van der Waals surface area contributed by atoms with Crippen LogP contribution >= 0.6 is 0 Å². The van der Waals surface area contributed by atoms with Crippen LogP contribution in [0.5, 0.6) is 0 Å². The molecule has 6 nitrogen and oxygen atoms in total. The maximum Gasteiger partial charge on any atom is 0.279 e. The summed E-state index contributed by atoms with van der Waals surface area (Å²) in [4.78, 5) is 6.66. The number of sulfonamides is 1. The van der Waals surface area contributed by atoms with Crippen LogP contribution in [0, 0.1) is 6.92 Å². The van der Waals surface area contributed by atoms with Crippen molar-refractivity contribution in [1.29, 1.82) is 0 Å². The van der Waals surface area contributed by atoms with Gasteiger partial charge in [0.25, 0.3) is 10.0 Å². The highest BCUT2D eigenvalue weighted by Gasteiger charge is 2.20. The normalized spacial score (nSPS) is 14.4. The Morgan fingerprint density at radius 1 is 1.35 bits per heavy atom. The Balaban J connectivity index is 1.95. The molecule has 1 aromatic carbocycles. The molecule has 0 saturated carbocycles. The summed E-state index contributed by atoms with van der Waals surface area (Å²) in [6, 6.07) is 5.64. The molecule has 0 bridgehead atoms. The van der Waals surface area contributed by atoms with Gasteiger partial charge in [-0.15, -0.1) is 0 Å². The minimum atomic E-state index is -3.63. The fourth-order valence-corrected chi connectivity index (χ4v) is 3.37. The molecule has 2 heterocycles. The third kappa shape index (κ3) is 2.36. The Hall–Kier alpha value is -2.02. The molecule has 2 aromatic rings. The van der Waals surface area contributed by atoms with Crippen molar-refractivity contribution in [2.75, 3.05) is 16.6 Å². The van der Waals surface area contributed by atoms with E-state index in [-0.39, 0.29) is 5.03 Å². The summed E-state index contributed by atoms with van der Waals surface area (Å²) < 4.78 is 27.2. The van der Waals surface area contributed by atoms with Gasteiger partial charge in [0.1, 0.15) is 5.82 Å². The topological polar surface area (TPSA) is 86.9 Å². The minimum absolute atomic E-state index is 0.0726. The molecule has 0 unspecified atom stereocenters. The van der Waals surface area contributed by atoms with Gasteiger partial charge in [0.2, 0.25) is 0 Å². The van der Waals surface area contributed by atoms with Crippen molar-refractivity contribution < 1.29 is 8.42 Å². The molecule has 7 heteroatoms. The largest absolute Gasteiger partial charge is 0.383 e. The van der Waals surface area contributed by atoms with Crippen LogP contribution < -0.4 is 10.0 Å². The molecule has 106 valence electrons. The van der Waals surface area contributed by atoms with Crippen molar-refractivity contribution in [3.63, 3.8) is 0 Å². The molecule has 3 N–H and O–H groups in total. The van der Waals surface area contributed by atoms with E-state index < -0.39 is 10.0 Å². The van der Waals surface area contributed by atoms with Gasteiger partial charge >= 0.3 is 0 Å². The molecule has 0 atom stereocenters. The number of H-pyrrole nitrogens is 1. The summed E-state index contributed by atoms with van der Waals surface area (Å²) >= 11 is 0. The second-order valence-corrected chi connectivity index (χ2v) is 6.46. The number of hydrogen-bond donors (Lipinski definition) is 3. The van der Waals surface area contributed by atoms with Crippen LogP contribution in [0.2, 0.25) is 0 Å². The SMILES string of the molecule is Cc1ncc(S(=O)(=O)Nc2cccc3c2NCCC3)[nH]1. The van der Waals surface area contributed by atoms with Gasteiger partial charge in [-0.1, -0.05) is 12.1 Å².